The van der Waals surface area contributed by atoms with Gasteiger partial charge in [-0.1, -0.05) is 30.3 Å². The van der Waals surface area contributed by atoms with Gasteiger partial charge in [0.2, 0.25) is 0 Å². The molecule has 0 aliphatic carbocycles. The maximum Gasteiger partial charge on any atom is 0.251 e. The van der Waals surface area contributed by atoms with Crippen LogP contribution in [-0.2, 0) is 16.1 Å². The van der Waals surface area contributed by atoms with Crippen molar-refractivity contribution in [2.45, 2.75) is 38.9 Å². The zero-order valence-electron chi connectivity index (χ0n) is 12.4. The molecule has 112 valence electrons. The van der Waals surface area contributed by atoms with E-state index in [2.05, 4.69) is 0 Å². The average molecular weight is 279 g/mol. The molecule has 1 amide bonds. The highest BCUT2D eigenvalue weighted by atomic mass is 16.5. The van der Waals surface area contributed by atoms with Crippen LogP contribution in [0, 0.1) is 0 Å². The lowest BCUT2D eigenvalue weighted by molar-refractivity contribution is -0.142. The van der Waals surface area contributed by atoms with E-state index < -0.39 is 6.10 Å². The largest absolute Gasteiger partial charge is 0.396 e. The number of likely N-dealkylation sites (N-methyl/N-ethyl adjacent to an activating group) is 1. The summed E-state index contributed by atoms with van der Waals surface area (Å²) in [7, 11) is 1.80. The Hall–Kier alpha value is -1.39. The Balaban J connectivity index is 2.27. The van der Waals surface area contributed by atoms with Crippen molar-refractivity contribution in [3.05, 3.63) is 35.9 Å². The van der Waals surface area contributed by atoms with Crippen molar-refractivity contribution in [2.75, 3.05) is 20.2 Å². The minimum atomic E-state index is -0.432. The average Bonchev–Trinajstić information content (AvgIpc) is 2.49. The number of carbonyl (C=O) groups is 1. The van der Waals surface area contributed by atoms with Crippen LogP contribution in [-0.4, -0.2) is 42.2 Å². The molecule has 0 saturated carbocycles. The summed E-state index contributed by atoms with van der Waals surface area (Å²) in [5.41, 5.74) is 1.07. The first kappa shape index (κ1) is 16.7. The van der Waals surface area contributed by atoms with Crippen LogP contribution in [0.15, 0.2) is 30.3 Å². The molecule has 1 aromatic carbocycles. The van der Waals surface area contributed by atoms with Gasteiger partial charge in [-0.2, -0.15) is 0 Å². The summed E-state index contributed by atoms with van der Waals surface area (Å²) in [4.78, 5) is 13.8. The van der Waals surface area contributed by atoms with Crippen molar-refractivity contribution in [1.29, 1.82) is 0 Å². The van der Waals surface area contributed by atoms with Gasteiger partial charge in [-0.15, -0.1) is 0 Å². The Labute approximate surface area is 121 Å². The molecule has 20 heavy (non-hydrogen) atoms. The Morgan fingerprint density at radius 3 is 2.60 bits per heavy atom. The number of unbranched alkanes of at least 4 members (excludes halogenated alkanes) is 2. The molecule has 0 heterocycles. The maximum atomic E-state index is 12.1. The standard InChI is InChI=1S/C16H25NO3/c1-14(20-13-15-9-5-3-6-10-15)16(19)17(2)11-7-4-8-12-18/h3,5-6,9-10,14,18H,4,7-8,11-13H2,1-2H3. The summed E-state index contributed by atoms with van der Waals surface area (Å²) in [5, 5.41) is 8.71. The first-order valence-electron chi connectivity index (χ1n) is 7.16. The van der Waals surface area contributed by atoms with Crippen molar-refractivity contribution in [3.63, 3.8) is 0 Å². The van der Waals surface area contributed by atoms with E-state index in [1.807, 2.05) is 30.3 Å². The lowest BCUT2D eigenvalue weighted by atomic mass is 10.2. The molecule has 0 radical (unpaired) electrons. The third-order valence-electron chi connectivity index (χ3n) is 3.22. The SMILES string of the molecule is CC(OCc1ccccc1)C(=O)N(C)CCCCCO. The van der Waals surface area contributed by atoms with Gasteiger partial charge in [0.25, 0.3) is 5.91 Å². The normalized spacial score (nSPS) is 12.2. The summed E-state index contributed by atoms with van der Waals surface area (Å²) < 4.78 is 5.61. The number of nitrogens with zero attached hydrogens (tertiary/aromatic N) is 1. The van der Waals surface area contributed by atoms with Gasteiger partial charge in [0.15, 0.2) is 0 Å². The van der Waals surface area contributed by atoms with E-state index in [-0.39, 0.29) is 12.5 Å². The van der Waals surface area contributed by atoms with E-state index in [4.69, 9.17) is 9.84 Å². The summed E-state index contributed by atoms with van der Waals surface area (Å²) in [6.07, 6.45) is 2.21. The highest BCUT2D eigenvalue weighted by Crippen LogP contribution is 2.06. The molecule has 0 fully saturated rings. The highest BCUT2D eigenvalue weighted by molar-refractivity contribution is 5.80. The van der Waals surface area contributed by atoms with Crippen LogP contribution in [0.25, 0.3) is 0 Å². The number of rotatable bonds is 9. The van der Waals surface area contributed by atoms with E-state index in [9.17, 15) is 4.79 Å². The predicted octanol–water partition coefficient (Wildman–Crippen LogP) is 2.21. The van der Waals surface area contributed by atoms with Gasteiger partial charge in [-0.05, 0) is 31.7 Å². The molecule has 1 N–H and O–H groups in total. The molecule has 4 heteroatoms. The predicted molar refractivity (Wildman–Crippen MR) is 79.3 cm³/mol. The molecule has 1 atom stereocenters. The van der Waals surface area contributed by atoms with Gasteiger partial charge < -0.3 is 14.7 Å². The number of amides is 1. The van der Waals surface area contributed by atoms with E-state index >= 15 is 0 Å². The lowest BCUT2D eigenvalue weighted by Crippen LogP contribution is -2.36. The third kappa shape index (κ3) is 6.17. The van der Waals surface area contributed by atoms with Gasteiger partial charge in [0.1, 0.15) is 6.10 Å². The fraction of sp³-hybridized carbons (Fsp3) is 0.562. The van der Waals surface area contributed by atoms with Crippen LogP contribution in [0.5, 0.6) is 0 Å². The van der Waals surface area contributed by atoms with Crippen LogP contribution >= 0.6 is 0 Å². The zero-order valence-corrected chi connectivity index (χ0v) is 12.4. The summed E-state index contributed by atoms with van der Waals surface area (Å²) >= 11 is 0. The second-order valence-electron chi connectivity index (χ2n) is 4.98. The smallest absolute Gasteiger partial charge is 0.251 e. The minimum absolute atomic E-state index is 0.00456. The summed E-state index contributed by atoms with van der Waals surface area (Å²) in [6, 6.07) is 9.83. The molecule has 0 aliphatic heterocycles. The Bertz CT molecular complexity index is 381. The van der Waals surface area contributed by atoms with Gasteiger partial charge in [0.05, 0.1) is 6.61 Å². The molecular formula is C16H25NO3. The highest BCUT2D eigenvalue weighted by Gasteiger charge is 2.17. The van der Waals surface area contributed by atoms with E-state index in [1.165, 1.54) is 0 Å². The number of aliphatic hydroxyl groups excluding tert-OH is 1. The monoisotopic (exact) mass is 279 g/mol. The molecule has 4 nitrogen and oxygen atoms in total. The minimum Gasteiger partial charge on any atom is -0.396 e. The summed E-state index contributed by atoms with van der Waals surface area (Å²) in [5.74, 6) is 0.00456. The number of hydrogen-bond donors (Lipinski definition) is 1. The fourth-order valence-electron chi connectivity index (χ4n) is 1.92. The topological polar surface area (TPSA) is 49.8 Å². The molecule has 0 bridgehead atoms. The molecule has 0 saturated heterocycles. The maximum absolute atomic E-state index is 12.1. The van der Waals surface area contributed by atoms with Gasteiger partial charge in [0, 0.05) is 20.2 Å². The molecule has 0 aliphatic rings. The van der Waals surface area contributed by atoms with Crippen molar-refractivity contribution >= 4 is 5.91 Å². The Kier molecular flexibility index (Phi) is 7.92. The van der Waals surface area contributed by atoms with Crippen LogP contribution in [0.4, 0.5) is 0 Å². The Morgan fingerprint density at radius 2 is 1.95 bits per heavy atom. The molecule has 0 spiro atoms. The molecular weight excluding hydrogens is 254 g/mol. The quantitative estimate of drug-likeness (QED) is 0.705. The van der Waals surface area contributed by atoms with E-state index in [1.54, 1.807) is 18.9 Å². The van der Waals surface area contributed by atoms with Crippen molar-refractivity contribution in [2.24, 2.45) is 0 Å². The van der Waals surface area contributed by atoms with Gasteiger partial charge >= 0.3 is 0 Å². The molecule has 0 aromatic heterocycles. The number of carbonyl (C=O) groups excluding carboxylic acids is 1. The van der Waals surface area contributed by atoms with E-state index in [0.717, 1.165) is 24.8 Å². The first-order chi connectivity index (χ1) is 9.65. The second-order valence-corrected chi connectivity index (χ2v) is 4.98. The van der Waals surface area contributed by atoms with E-state index in [0.29, 0.717) is 13.2 Å². The van der Waals surface area contributed by atoms with Crippen LogP contribution in [0.3, 0.4) is 0 Å². The first-order valence-corrected chi connectivity index (χ1v) is 7.16. The number of benzene rings is 1. The van der Waals surface area contributed by atoms with Gasteiger partial charge in [-0.25, -0.2) is 0 Å². The lowest BCUT2D eigenvalue weighted by Gasteiger charge is -2.21. The number of hydrogen-bond acceptors (Lipinski definition) is 3. The van der Waals surface area contributed by atoms with Crippen LogP contribution in [0.2, 0.25) is 0 Å². The zero-order chi connectivity index (χ0) is 14.8. The van der Waals surface area contributed by atoms with Gasteiger partial charge in [-0.3, -0.25) is 4.79 Å². The third-order valence-corrected chi connectivity index (χ3v) is 3.22. The van der Waals surface area contributed by atoms with Crippen molar-refractivity contribution in [3.8, 4) is 0 Å². The Morgan fingerprint density at radius 1 is 1.25 bits per heavy atom. The number of aliphatic hydroxyl groups is 1. The van der Waals surface area contributed by atoms with Crippen LogP contribution in [0.1, 0.15) is 31.7 Å². The fourth-order valence-corrected chi connectivity index (χ4v) is 1.92. The number of ether oxygens (including phenoxy) is 1. The van der Waals surface area contributed by atoms with Crippen molar-refractivity contribution in [1.82, 2.24) is 4.90 Å². The molecule has 1 rings (SSSR count). The second kappa shape index (κ2) is 9.50. The van der Waals surface area contributed by atoms with Crippen LogP contribution < -0.4 is 0 Å². The molecule has 1 unspecified atom stereocenters. The molecule has 1 aromatic rings. The summed E-state index contributed by atoms with van der Waals surface area (Å²) in [6.45, 7) is 3.16. The van der Waals surface area contributed by atoms with Crippen molar-refractivity contribution < 1.29 is 14.6 Å².